The van der Waals surface area contributed by atoms with E-state index in [1.54, 1.807) is 13.0 Å². The van der Waals surface area contributed by atoms with Crippen LogP contribution in [0.15, 0.2) is 36.0 Å². The van der Waals surface area contributed by atoms with Gasteiger partial charge in [-0.2, -0.15) is 0 Å². The Hall–Kier alpha value is -2.14. The molecule has 0 radical (unpaired) electrons. The topological polar surface area (TPSA) is 43.9 Å². The molecule has 5 heteroatoms. The smallest absolute Gasteiger partial charge is 0.219 e. The molecule has 0 bridgehead atoms. The van der Waals surface area contributed by atoms with Crippen molar-refractivity contribution in [2.45, 2.75) is 26.2 Å². The number of ketones is 1. The van der Waals surface area contributed by atoms with Crippen LogP contribution in [0.2, 0.25) is 0 Å². The van der Waals surface area contributed by atoms with Gasteiger partial charge in [0.05, 0.1) is 6.54 Å². The standard InChI is InChI=1S/C20H27N3O2/c1-15(24)23-11-9-22(10-12-23)14-16(25)13-19-20(2,3)17-7-5-6-8-18(17)21(19)4/h5-8,13H,9-12,14H2,1-4H3. The van der Waals surface area contributed by atoms with Gasteiger partial charge in [0.15, 0.2) is 5.78 Å². The number of piperazine rings is 1. The predicted molar refractivity (Wildman–Crippen MR) is 99.7 cm³/mol. The molecule has 2 aliphatic heterocycles. The Labute approximate surface area is 149 Å². The number of amides is 1. The van der Waals surface area contributed by atoms with Gasteiger partial charge in [0, 0.05) is 63.0 Å². The molecule has 0 unspecified atom stereocenters. The fraction of sp³-hybridized carbons (Fsp3) is 0.500. The molecule has 0 saturated carbocycles. The number of rotatable bonds is 3. The van der Waals surface area contributed by atoms with Crippen molar-refractivity contribution in [3.8, 4) is 0 Å². The summed E-state index contributed by atoms with van der Waals surface area (Å²) < 4.78 is 0. The van der Waals surface area contributed by atoms with Crippen molar-refractivity contribution < 1.29 is 9.59 Å². The Bertz CT molecular complexity index is 715. The molecule has 0 atom stereocenters. The highest BCUT2D eigenvalue weighted by Crippen LogP contribution is 2.46. The number of nitrogens with zero attached hydrogens (tertiary/aromatic N) is 3. The van der Waals surface area contributed by atoms with E-state index < -0.39 is 0 Å². The Morgan fingerprint density at radius 1 is 1.12 bits per heavy atom. The maximum atomic E-state index is 12.6. The molecule has 1 saturated heterocycles. The second-order valence-electron chi connectivity index (χ2n) is 7.48. The van der Waals surface area contributed by atoms with Crippen LogP contribution in [0.5, 0.6) is 0 Å². The Balaban J connectivity index is 1.69. The van der Waals surface area contributed by atoms with Crippen LogP contribution in [0.1, 0.15) is 26.3 Å². The van der Waals surface area contributed by atoms with Crippen LogP contribution in [0.3, 0.4) is 0 Å². The van der Waals surface area contributed by atoms with Gasteiger partial charge < -0.3 is 9.80 Å². The lowest BCUT2D eigenvalue weighted by molar-refractivity contribution is -0.130. The summed E-state index contributed by atoms with van der Waals surface area (Å²) in [7, 11) is 2.03. The quantitative estimate of drug-likeness (QED) is 0.789. The normalized spacial score (nSPS) is 21.5. The highest BCUT2D eigenvalue weighted by Gasteiger charge is 2.38. The lowest BCUT2D eigenvalue weighted by Gasteiger charge is -2.33. The minimum atomic E-state index is -0.172. The van der Waals surface area contributed by atoms with Gasteiger partial charge in [-0.1, -0.05) is 32.0 Å². The average Bonchev–Trinajstić information content (AvgIpc) is 2.77. The monoisotopic (exact) mass is 341 g/mol. The van der Waals surface area contributed by atoms with Gasteiger partial charge >= 0.3 is 0 Å². The van der Waals surface area contributed by atoms with Crippen molar-refractivity contribution in [1.29, 1.82) is 0 Å². The second-order valence-corrected chi connectivity index (χ2v) is 7.48. The molecule has 1 aromatic carbocycles. The molecule has 0 spiro atoms. The van der Waals surface area contributed by atoms with Gasteiger partial charge in [-0.15, -0.1) is 0 Å². The summed E-state index contributed by atoms with van der Waals surface area (Å²) in [5, 5.41) is 0. The van der Waals surface area contributed by atoms with E-state index in [1.807, 2.05) is 24.1 Å². The summed E-state index contributed by atoms with van der Waals surface area (Å²) in [6, 6.07) is 8.32. The van der Waals surface area contributed by atoms with Crippen LogP contribution < -0.4 is 4.90 Å². The molecular formula is C20H27N3O2. The zero-order valence-corrected chi connectivity index (χ0v) is 15.6. The number of allylic oxidation sites excluding steroid dienone is 1. The molecule has 2 heterocycles. The molecule has 0 aromatic heterocycles. The molecule has 134 valence electrons. The molecule has 1 aromatic rings. The van der Waals surface area contributed by atoms with E-state index in [4.69, 9.17) is 0 Å². The maximum Gasteiger partial charge on any atom is 0.219 e. The number of carbonyl (C=O) groups excluding carboxylic acids is 2. The summed E-state index contributed by atoms with van der Waals surface area (Å²) in [5.74, 6) is 0.235. The molecule has 2 aliphatic rings. The van der Waals surface area contributed by atoms with Crippen molar-refractivity contribution in [2.75, 3.05) is 44.7 Å². The van der Waals surface area contributed by atoms with Crippen molar-refractivity contribution in [2.24, 2.45) is 0 Å². The lowest BCUT2D eigenvalue weighted by Crippen LogP contribution is -2.49. The number of fused-ring (bicyclic) bond motifs is 1. The first-order valence-corrected chi connectivity index (χ1v) is 8.87. The van der Waals surface area contributed by atoms with Crippen molar-refractivity contribution in [3.05, 3.63) is 41.6 Å². The summed E-state index contributed by atoms with van der Waals surface area (Å²) >= 11 is 0. The van der Waals surface area contributed by atoms with Crippen molar-refractivity contribution in [3.63, 3.8) is 0 Å². The van der Waals surface area contributed by atoms with Gasteiger partial charge in [0.1, 0.15) is 0 Å². The van der Waals surface area contributed by atoms with E-state index in [0.29, 0.717) is 19.6 Å². The highest BCUT2D eigenvalue weighted by atomic mass is 16.2. The van der Waals surface area contributed by atoms with E-state index in [-0.39, 0.29) is 17.1 Å². The van der Waals surface area contributed by atoms with E-state index >= 15 is 0 Å². The fourth-order valence-electron chi connectivity index (χ4n) is 3.90. The number of likely N-dealkylation sites (N-methyl/N-ethyl adjacent to an activating group) is 1. The Morgan fingerprint density at radius 3 is 2.36 bits per heavy atom. The fourth-order valence-corrected chi connectivity index (χ4v) is 3.90. The average molecular weight is 341 g/mol. The SMILES string of the molecule is CC(=O)N1CCN(CC(=O)C=C2N(C)c3ccccc3C2(C)C)CC1. The molecular weight excluding hydrogens is 314 g/mol. The first-order chi connectivity index (χ1) is 11.8. The second kappa shape index (κ2) is 6.64. The van der Waals surface area contributed by atoms with Gasteiger partial charge in [-0.05, 0) is 11.6 Å². The zero-order valence-electron chi connectivity index (χ0n) is 15.6. The van der Waals surface area contributed by atoms with Gasteiger partial charge in [0.25, 0.3) is 0 Å². The lowest BCUT2D eigenvalue weighted by atomic mass is 9.83. The summed E-state index contributed by atoms with van der Waals surface area (Å²) in [6.45, 7) is 9.27. The van der Waals surface area contributed by atoms with Crippen LogP contribution >= 0.6 is 0 Å². The van der Waals surface area contributed by atoms with Crippen LogP contribution in [0.4, 0.5) is 5.69 Å². The third-order valence-electron chi connectivity index (χ3n) is 5.44. The number of benzene rings is 1. The maximum absolute atomic E-state index is 12.6. The minimum absolute atomic E-state index is 0.111. The highest BCUT2D eigenvalue weighted by molar-refractivity contribution is 5.94. The van der Waals surface area contributed by atoms with Gasteiger partial charge in [-0.25, -0.2) is 0 Å². The summed E-state index contributed by atoms with van der Waals surface area (Å²) in [6.07, 6.45) is 1.80. The van der Waals surface area contributed by atoms with Crippen LogP contribution in [0.25, 0.3) is 0 Å². The number of hydrogen-bond donors (Lipinski definition) is 0. The molecule has 0 N–H and O–H groups in total. The van der Waals surface area contributed by atoms with Crippen molar-refractivity contribution >= 4 is 17.4 Å². The molecule has 25 heavy (non-hydrogen) atoms. The zero-order chi connectivity index (χ0) is 18.2. The summed E-state index contributed by atoms with van der Waals surface area (Å²) in [4.78, 5) is 30.1. The van der Waals surface area contributed by atoms with E-state index in [1.165, 1.54) is 11.3 Å². The van der Waals surface area contributed by atoms with Crippen LogP contribution in [0, 0.1) is 0 Å². The summed E-state index contributed by atoms with van der Waals surface area (Å²) in [5.41, 5.74) is 3.29. The first-order valence-electron chi connectivity index (χ1n) is 8.87. The molecule has 3 rings (SSSR count). The van der Waals surface area contributed by atoms with Gasteiger partial charge in [0.2, 0.25) is 5.91 Å². The largest absolute Gasteiger partial charge is 0.347 e. The van der Waals surface area contributed by atoms with E-state index in [9.17, 15) is 9.59 Å². The number of hydrogen-bond acceptors (Lipinski definition) is 4. The predicted octanol–water partition coefficient (Wildman–Crippen LogP) is 2.03. The van der Waals surface area contributed by atoms with Crippen LogP contribution in [-0.2, 0) is 15.0 Å². The van der Waals surface area contributed by atoms with E-state index in [0.717, 1.165) is 18.8 Å². The third kappa shape index (κ3) is 3.33. The Kier molecular flexibility index (Phi) is 4.69. The van der Waals surface area contributed by atoms with Crippen molar-refractivity contribution in [1.82, 2.24) is 9.80 Å². The third-order valence-corrected chi connectivity index (χ3v) is 5.44. The Morgan fingerprint density at radius 2 is 1.76 bits per heavy atom. The number of carbonyl (C=O) groups is 2. The first kappa shape index (κ1) is 17.7. The van der Waals surface area contributed by atoms with Gasteiger partial charge in [-0.3, -0.25) is 14.5 Å². The molecule has 5 nitrogen and oxygen atoms in total. The molecule has 1 amide bonds. The van der Waals surface area contributed by atoms with Crippen LogP contribution in [-0.4, -0.2) is 61.3 Å². The minimum Gasteiger partial charge on any atom is -0.347 e. The molecule has 0 aliphatic carbocycles. The van der Waals surface area contributed by atoms with E-state index in [2.05, 4.69) is 35.8 Å². The molecule has 1 fully saturated rings. The number of para-hydroxylation sites is 1. The number of anilines is 1.